The Balaban J connectivity index is 1.56. The van der Waals surface area contributed by atoms with E-state index in [4.69, 9.17) is 4.42 Å². The minimum atomic E-state index is 0.112. The zero-order valence-electron chi connectivity index (χ0n) is 12.6. The van der Waals surface area contributed by atoms with E-state index in [9.17, 15) is 4.79 Å². The van der Waals surface area contributed by atoms with Crippen LogP contribution in [-0.2, 0) is 6.54 Å². The van der Waals surface area contributed by atoms with Crippen molar-refractivity contribution >= 4 is 27.4 Å². The Morgan fingerprint density at radius 2 is 1.77 bits per heavy atom. The monoisotopic (exact) mass is 362 g/mol. The summed E-state index contributed by atoms with van der Waals surface area (Å²) < 4.78 is 6.35. The van der Waals surface area contributed by atoms with Crippen LogP contribution in [0.15, 0.2) is 45.5 Å². The van der Waals surface area contributed by atoms with E-state index in [1.165, 1.54) is 5.69 Å². The van der Waals surface area contributed by atoms with Crippen LogP contribution in [0.3, 0.4) is 0 Å². The van der Waals surface area contributed by atoms with Gasteiger partial charge in [0.05, 0.1) is 6.54 Å². The largest absolute Gasteiger partial charge is 0.453 e. The van der Waals surface area contributed by atoms with Crippen molar-refractivity contribution < 1.29 is 9.21 Å². The normalized spacial score (nSPS) is 16.0. The van der Waals surface area contributed by atoms with Crippen molar-refractivity contribution in [2.24, 2.45) is 0 Å². The fraction of sp³-hybridized carbons (Fsp3) is 0.353. The van der Waals surface area contributed by atoms with Crippen molar-refractivity contribution in [2.75, 3.05) is 31.1 Å². The predicted octanol–water partition coefficient (Wildman–Crippen LogP) is 3.57. The number of ketones is 1. The van der Waals surface area contributed by atoms with Gasteiger partial charge in [-0.3, -0.25) is 9.69 Å². The molecule has 5 heteroatoms. The van der Waals surface area contributed by atoms with Crippen molar-refractivity contribution in [2.45, 2.75) is 13.5 Å². The third-order valence-electron chi connectivity index (χ3n) is 4.02. The SMILES string of the molecule is CC(=O)c1ccc(N2CCN(Cc3ccc(Br)o3)CC2)cc1. The predicted molar refractivity (Wildman–Crippen MR) is 90.3 cm³/mol. The van der Waals surface area contributed by atoms with Crippen molar-refractivity contribution in [3.63, 3.8) is 0 Å². The highest BCUT2D eigenvalue weighted by Gasteiger charge is 2.18. The van der Waals surface area contributed by atoms with E-state index in [-0.39, 0.29) is 5.78 Å². The number of nitrogens with zero attached hydrogens (tertiary/aromatic N) is 2. The molecule has 1 aliphatic heterocycles. The van der Waals surface area contributed by atoms with Crippen LogP contribution in [0.1, 0.15) is 23.0 Å². The Bertz CT molecular complexity index is 643. The molecule has 0 bridgehead atoms. The fourth-order valence-corrected chi connectivity index (χ4v) is 3.07. The summed E-state index contributed by atoms with van der Waals surface area (Å²) in [6.45, 7) is 6.44. The number of hydrogen-bond acceptors (Lipinski definition) is 4. The zero-order valence-corrected chi connectivity index (χ0v) is 14.2. The topological polar surface area (TPSA) is 36.7 Å². The lowest BCUT2D eigenvalue weighted by molar-refractivity contribution is 0.101. The van der Waals surface area contributed by atoms with Gasteiger partial charge >= 0.3 is 0 Å². The van der Waals surface area contributed by atoms with E-state index >= 15 is 0 Å². The molecule has 2 heterocycles. The molecule has 116 valence electrons. The number of carbonyl (C=O) groups excluding carboxylic acids is 1. The molecular formula is C17H19BrN2O2. The summed E-state index contributed by atoms with van der Waals surface area (Å²) in [7, 11) is 0. The molecule has 0 unspecified atom stereocenters. The van der Waals surface area contributed by atoms with Gasteiger partial charge in [0.15, 0.2) is 10.5 Å². The summed E-state index contributed by atoms with van der Waals surface area (Å²) in [5.74, 6) is 1.10. The molecular weight excluding hydrogens is 344 g/mol. The first-order valence-electron chi connectivity index (χ1n) is 7.44. The van der Waals surface area contributed by atoms with Gasteiger partial charge in [-0.2, -0.15) is 0 Å². The first-order chi connectivity index (χ1) is 10.6. The maximum atomic E-state index is 11.3. The summed E-state index contributed by atoms with van der Waals surface area (Å²) in [6, 6.07) is 11.8. The smallest absolute Gasteiger partial charge is 0.169 e. The van der Waals surface area contributed by atoms with Gasteiger partial charge in [-0.05, 0) is 59.3 Å². The Kier molecular flexibility index (Phi) is 4.64. The fourth-order valence-electron chi connectivity index (χ4n) is 2.73. The third-order valence-corrected chi connectivity index (χ3v) is 4.45. The van der Waals surface area contributed by atoms with Crippen LogP contribution < -0.4 is 4.90 Å². The first kappa shape index (κ1) is 15.3. The van der Waals surface area contributed by atoms with E-state index in [1.54, 1.807) is 6.92 Å². The van der Waals surface area contributed by atoms with Crippen molar-refractivity contribution in [1.29, 1.82) is 0 Å². The molecule has 22 heavy (non-hydrogen) atoms. The average Bonchev–Trinajstić information content (AvgIpc) is 2.93. The highest BCUT2D eigenvalue weighted by atomic mass is 79.9. The first-order valence-corrected chi connectivity index (χ1v) is 8.23. The van der Waals surface area contributed by atoms with Gasteiger partial charge in [0.2, 0.25) is 0 Å². The van der Waals surface area contributed by atoms with Crippen LogP contribution >= 0.6 is 15.9 Å². The molecule has 1 aliphatic rings. The lowest BCUT2D eigenvalue weighted by Crippen LogP contribution is -2.45. The molecule has 1 fully saturated rings. The lowest BCUT2D eigenvalue weighted by atomic mass is 10.1. The number of carbonyl (C=O) groups is 1. The standard InChI is InChI=1S/C17H19BrN2O2/c1-13(21)14-2-4-15(5-3-14)20-10-8-19(9-11-20)12-16-6-7-17(18)22-16/h2-7H,8-12H2,1H3. The molecule has 0 amide bonds. The Labute approximate surface area is 138 Å². The van der Waals surface area contributed by atoms with Crippen molar-refractivity contribution in [3.05, 3.63) is 52.4 Å². The molecule has 0 radical (unpaired) electrons. The number of rotatable bonds is 4. The maximum Gasteiger partial charge on any atom is 0.169 e. The van der Waals surface area contributed by atoms with E-state index in [2.05, 4.69) is 25.7 Å². The highest BCUT2D eigenvalue weighted by Crippen LogP contribution is 2.20. The second-order valence-electron chi connectivity index (χ2n) is 5.57. The molecule has 1 saturated heterocycles. The summed E-state index contributed by atoms with van der Waals surface area (Å²) >= 11 is 3.34. The van der Waals surface area contributed by atoms with Gasteiger partial charge in [0, 0.05) is 37.4 Å². The summed E-state index contributed by atoms with van der Waals surface area (Å²) in [5, 5.41) is 0. The number of halogens is 1. The van der Waals surface area contributed by atoms with E-state index < -0.39 is 0 Å². The van der Waals surface area contributed by atoms with Gasteiger partial charge in [-0.25, -0.2) is 0 Å². The van der Waals surface area contributed by atoms with Gasteiger partial charge in [-0.15, -0.1) is 0 Å². The molecule has 2 aromatic rings. The number of benzene rings is 1. The summed E-state index contributed by atoms with van der Waals surface area (Å²) in [5.41, 5.74) is 1.95. The molecule has 0 spiro atoms. The summed E-state index contributed by atoms with van der Waals surface area (Å²) in [4.78, 5) is 16.1. The Hall–Kier alpha value is -1.59. The molecule has 1 aromatic carbocycles. The van der Waals surface area contributed by atoms with Gasteiger partial charge in [-0.1, -0.05) is 0 Å². The number of hydrogen-bond donors (Lipinski definition) is 0. The maximum absolute atomic E-state index is 11.3. The molecule has 3 rings (SSSR count). The van der Waals surface area contributed by atoms with Crippen LogP contribution in [0.5, 0.6) is 0 Å². The van der Waals surface area contributed by atoms with E-state index in [1.807, 2.05) is 36.4 Å². The quantitative estimate of drug-likeness (QED) is 0.779. The van der Waals surface area contributed by atoms with Crippen LogP contribution in [-0.4, -0.2) is 36.9 Å². The highest BCUT2D eigenvalue weighted by molar-refractivity contribution is 9.10. The summed E-state index contributed by atoms with van der Waals surface area (Å²) in [6.07, 6.45) is 0. The minimum absolute atomic E-state index is 0.112. The molecule has 0 atom stereocenters. The van der Waals surface area contributed by atoms with Gasteiger partial charge in [0.1, 0.15) is 5.76 Å². The van der Waals surface area contributed by atoms with Gasteiger partial charge in [0.25, 0.3) is 0 Å². The molecule has 0 aliphatic carbocycles. The molecule has 1 aromatic heterocycles. The Morgan fingerprint density at radius 3 is 2.32 bits per heavy atom. The van der Waals surface area contributed by atoms with E-state index in [0.717, 1.165) is 48.7 Å². The van der Waals surface area contributed by atoms with Crippen LogP contribution in [0.4, 0.5) is 5.69 Å². The molecule has 4 nitrogen and oxygen atoms in total. The van der Waals surface area contributed by atoms with E-state index in [0.29, 0.717) is 0 Å². The average molecular weight is 363 g/mol. The minimum Gasteiger partial charge on any atom is -0.453 e. The second kappa shape index (κ2) is 6.67. The number of Topliss-reactive ketones (excluding diaryl/α,β-unsaturated/α-hetero) is 1. The number of furan rings is 1. The van der Waals surface area contributed by atoms with Crippen LogP contribution in [0, 0.1) is 0 Å². The lowest BCUT2D eigenvalue weighted by Gasteiger charge is -2.35. The van der Waals surface area contributed by atoms with Crippen LogP contribution in [0.2, 0.25) is 0 Å². The Morgan fingerprint density at radius 1 is 1.09 bits per heavy atom. The van der Waals surface area contributed by atoms with Crippen molar-refractivity contribution in [3.8, 4) is 0 Å². The zero-order chi connectivity index (χ0) is 15.5. The second-order valence-corrected chi connectivity index (χ2v) is 6.35. The van der Waals surface area contributed by atoms with Crippen LogP contribution in [0.25, 0.3) is 0 Å². The van der Waals surface area contributed by atoms with Gasteiger partial charge < -0.3 is 9.32 Å². The number of anilines is 1. The number of piperazine rings is 1. The molecule has 0 N–H and O–H groups in total. The third kappa shape index (κ3) is 3.59. The molecule has 0 saturated carbocycles. The van der Waals surface area contributed by atoms with Crippen molar-refractivity contribution in [1.82, 2.24) is 4.90 Å².